The zero-order valence-corrected chi connectivity index (χ0v) is 12.1. The lowest BCUT2D eigenvalue weighted by Gasteiger charge is -2.37. The molecule has 0 unspecified atom stereocenters. The molecule has 0 aromatic heterocycles. The van der Waals surface area contributed by atoms with Gasteiger partial charge in [0.1, 0.15) is 0 Å². The minimum absolute atomic E-state index is 0.0264. The van der Waals surface area contributed by atoms with Gasteiger partial charge >= 0.3 is 0 Å². The minimum Gasteiger partial charge on any atom is -0.368 e. The number of nitrogens with one attached hydrogen (secondary N) is 1. The number of anilines is 1. The number of carbonyl (C=O) groups excluding carboxylic acids is 1. The molecule has 1 aromatic rings. The molecule has 1 amide bonds. The predicted molar refractivity (Wildman–Crippen MR) is 81.0 cm³/mol. The van der Waals surface area contributed by atoms with Crippen molar-refractivity contribution in [1.29, 1.82) is 5.26 Å². The van der Waals surface area contributed by atoms with E-state index in [9.17, 15) is 4.79 Å². The van der Waals surface area contributed by atoms with Crippen LogP contribution in [-0.4, -0.2) is 49.6 Å². The highest BCUT2D eigenvalue weighted by molar-refractivity contribution is 5.82. The Labute approximate surface area is 125 Å². The first-order valence-electron chi connectivity index (χ1n) is 7.55. The third kappa shape index (κ3) is 3.01. The maximum Gasteiger partial charge on any atom is 0.239 e. The molecule has 110 valence electrons. The van der Waals surface area contributed by atoms with Gasteiger partial charge in [-0.2, -0.15) is 5.26 Å². The molecule has 0 saturated carbocycles. The summed E-state index contributed by atoms with van der Waals surface area (Å²) in [6.45, 7) is 4.12. The van der Waals surface area contributed by atoms with E-state index in [2.05, 4.69) is 16.3 Å². The average molecular weight is 284 g/mol. The second-order valence-electron chi connectivity index (χ2n) is 5.62. The van der Waals surface area contributed by atoms with Crippen molar-refractivity contribution in [3.63, 3.8) is 0 Å². The van der Waals surface area contributed by atoms with Gasteiger partial charge in [0, 0.05) is 31.9 Å². The first kappa shape index (κ1) is 13.9. The molecule has 5 nitrogen and oxygen atoms in total. The molecule has 2 fully saturated rings. The van der Waals surface area contributed by atoms with Crippen LogP contribution < -0.4 is 10.2 Å². The monoisotopic (exact) mass is 284 g/mol. The maximum absolute atomic E-state index is 12.3. The van der Waals surface area contributed by atoms with E-state index in [1.165, 1.54) is 0 Å². The lowest BCUT2D eigenvalue weighted by molar-refractivity contribution is -0.133. The highest BCUT2D eigenvalue weighted by atomic mass is 16.2. The van der Waals surface area contributed by atoms with E-state index < -0.39 is 0 Å². The molecule has 0 spiro atoms. The number of benzene rings is 1. The molecule has 2 aliphatic rings. The fourth-order valence-corrected chi connectivity index (χ4v) is 3.07. The van der Waals surface area contributed by atoms with Crippen LogP contribution in [0.5, 0.6) is 0 Å². The molecule has 21 heavy (non-hydrogen) atoms. The Bertz CT molecular complexity index is 552. The lowest BCUT2D eigenvalue weighted by Crippen LogP contribution is -2.53. The van der Waals surface area contributed by atoms with Crippen LogP contribution >= 0.6 is 0 Å². The second kappa shape index (κ2) is 6.15. The van der Waals surface area contributed by atoms with Gasteiger partial charge in [0.25, 0.3) is 0 Å². The van der Waals surface area contributed by atoms with Gasteiger partial charge in [0.15, 0.2) is 0 Å². The number of rotatable bonds is 2. The van der Waals surface area contributed by atoms with Crippen LogP contribution in [0, 0.1) is 11.3 Å². The molecule has 5 heteroatoms. The Morgan fingerprint density at radius 1 is 1.29 bits per heavy atom. The van der Waals surface area contributed by atoms with Gasteiger partial charge < -0.3 is 15.1 Å². The van der Waals surface area contributed by atoms with Crippen LogP contribution in [0.25, 0.3) is 0 Å². The number of piperazine rings is 1. The standard InChI is InChI=1S/C16H20N4O/c17-12-13-3-1-4-14(11-13)19-7-9-20(10-8-19)16(21)15-5-2-6-18-15/h1,3-4,11,15,18H,2,5-10H2/t15-/m0/s1. The molecule has 2 saturated heterocycles. The summed E-state index contributed by atoms with van der Waals surface area (Å²) in [5.41, 5.74) is 1.75. The van der Waals surface area contributed by atoms with Crippen LogP contribution in [0.4, 0.5) is 5.69 Å². The van der Waals surface area contributed by atoms with Gasteiger partial charge in [-0.3, -0.25) is 4.79 Å². The zero-order chi connectivity index (χ0) is 14.7. The van der Waals surface area contributed by atoms with E-state index >= 15 is 0 Å². The summed E-state index contributed by atoms with van der Waals surface area (Å²) in [4.78, 5) is 16.6. The van der Waals surface area contributed by atoms with Gasteiger partial charge in [0.05, 0.1) is 17.7 Å². The van der Waals surface area contributed by atoms with Crippen LogP contribution in [0.3, 0.4) is 0 Å². The summed E-state index contributed by atoms with van der Waals surface area (Å²) in [7, 11) is 0. The molecule has 0 radical (unpaired) electrons. The summed E-state index contributed by atoms with van der Waals surface area (Å²) < 4.78 is 0. The Kier molecular flexibility index (Phi) is 4.07. The van der Waals surface area contributed by atoms with E-state index in [4.69, 9.17) is 5.26 Å². The smallest absolute Gasteiger partial charge is 0.239 e. The van der Waals surface area contributed by atoms with Crippen molar-refractivity contribution >= 4 is 11.6 Å². The largest absolute Gasteiger partial charge is 0.368 e. The Morgan fingerprint density at radius 3 is 2.76 bits per heavy atom. The lowest BCUT2D eigenvalue weighted by atomic mass is 10.1. The zero-order valence-electron chi connectivity index (χ0n) is 12.1. The van der Waals surface area contributed by atoms with Gasteiger partial charge in [-0.05, 0) is 37.6 Å². The molecule has 1 N–H and O–H groups in total. The third-order valence-electron chi connectivity index (χ3n) is 4.29. The Morgan fingerprint density at radius 2 is 2.10 bits per heavy atom. The van der Waals surface area contributed by atoms with Gasteiger partial charge in [-0.25, -0.2) is 0 Å². The quantitative estimate of drug-likeness (QED) is 0.879. The predicted octanol–water partition coefficient (Wildman–Crippen LogP) is 0.959. The highest BCUT2D eigenvalue weighted by Gasteiger charge is 2.29. The Balaban J connectivity index is 1.59. The highest BCUT2D eigenvalue weighted by Crippen LogP contribution is 2.19. The molecule has 2 aliphatic heterocycles. The van der Waals surface area contributed by atoms with Crippen molar-refractivity contribution in [3.05, 3.63) is 29.8 Å². The van der Waals surface area contributed by atoms with Crippen molar-refractivity contribution in [3.8, 4) is 6.07 Å². The first-order valence-corrected chi connectivity index (χ1v) is 7.55. The summed E-state index contributed by atoms with van der Waals surface area (Å²) in [5, 5.41) is 12.2. The fourth-order valence-electron chi connectivity index (χ4n) is 3.07. The van der Waals surface area contributed by atoms with E-state index in [0.717, 1.165) is 51.3 Å². The topological polar surface area (TPSA) is 59.4 Å². The second-order valence-corrected chi connectivity index (χ2v) is 5.62. The molecule has 0 bridgehead atoms. The van der Waals surface area contributed by atoms with E-state index in [-0.39, 0.29) is 11.9 Å². The first-order chi connectivity index (χ1) is 10.3. The average Bonchev–Trinajstić information content (AvgIpc) is 3.09. The maximum atomic E-state index is 12.3. The number of hydrogen-bond acceptors (Lipinski definition) is 4. The minimum atomic E-state index is 0.0264. The number of carbonyl (C=O) groups is 1. The van der Waals surface area contributed by atoms with Gasteiger partial charge in [-0.15, -0.1) is 0 Å². The summed E-state index contributed by atoms with van der Waals surface area (Å²) in [6, 6.07) is 9.86. The summed E-state index contributed by atoms with van der Waals surface area (Å²) in [5.74, 6) is 0.248. The molecule has 1 aromatic carbocycles. The summed E-state index contributed by atoms with van der Waals surface area (Å²) in [6.07, 6.45) is 2.06. The SMILES string of the molecule is N#Cc1cccc(N2CCN(C(=O)[C@@H]3CCCN3)CC2)c1. The number of amides is 1. The van der Waals surface area contributed by atoms with Crippen LogP contribution in [0.2, 0.25) is 0 Å². The molecule has 2 heterocycles. The van der Waals surface area contributed by atoms with Crippen LogP contribution in [0.15, 0.2) is 24.3 Å². The van der Waals surface area contributed by atoms with E-state index in [1.54, 1.807) is 0 Å². The van der Waals surface area contributed by atoms with E-state index in [0.29, 0.717) is 5.56 Å². The van der Waals surface area contributed by atoms with Gasteiger partial charge in [-0.1, -0.05) is 6.07 Å². The molecular weight excluding hydrogens is 264 g/mol. The Hall–Kier alpha value is -2.06. The third-order valence-corrected chi connectivity index (χ3v) is 4.29. The van der Waals surface area contributed by atoms with Crippen molar-refractivity contribution in [2.24, 2.45) is 0 Å². The van der Waals surface area contributed by atoms with Crippen molar-refractivity contribution in [1.82, 2.24) is 10.2 Å². The number of nitrogens with zero attached hydrogens (tertiary/aromatic N) is 3. The normalized spacial score (nSPS) is 22.1. The van der Waals surface area contributed by atoms with Crippen molar-refractivity contribution in [2.45, 2.75) is 18.9 Å². The van der Waals surface area contributed by atoms with Crippen molar-refractivity contribution < 1.29 is 4.79 Å². The number of nitriles is 1. The fraction of sp³-hybridized carbons (Fsp3) is 0.500. The van der Waals surface area contributed by atoms with Crippen molar-refractivity contribution in [2.75, 3.05) is 37.6 Å². The molecule has 3 rings (SSSR count). The number of hydrogen-bond donors (Lipinski definition) is 1. The molecule has 1 atom stereocenters. The molecular formula is C16H20N4O. The van der Waals surface area contributed by atoms with Crippen LogP contribution in [-0.2, 0) is 4.79 Å². The van der Waals surface area contributed by atoms with Gasteiger partial charge in [0.2, 0.25) is 5.91 Å². The summed E-state index contributed by atoms with van der Waals surface area (Å²) >= 11 is 0. The van der Waals surface area contributed by atoms with Crippen LogP contribution in [0.1, 0.15) is 18.4 Å². The molecule has 0 aliphatic carbocycles. The van der Waals surface area contributed by atoms with E-state index in [1.807, 2.05) is 29.2 Å².